The van der Waals surface area contributed by atoms with Gasteiger partial charge in [0.05, 0.1) is 6.54 Å². The van der Waals surface area contributed by atoms with Crippen molar-refractivity contribution in [3.05, 3.63) is 11.7 Å². The standard InChI is InChI=1S/C15H23N3O2/c1-11(19)9-13-5-3-2-4-8-18(13)10-14-16-15(20-17-14)12-6-7-12/h12-13H,2-10H2,1H3. The zero-order valence-electron chi connectivity index (χ0n) is 12.2. The van der Waals surface area contributed by atoms with Crippen LogP contribution in [-0.4, -0.2) is 33.4 Å². The summed E-state index contributed by atoms with van der Waals surface area (Å²) >= 11 is 0. The lowest BCUT2D eigenvalue weighted by molar-refractivity contribution is -0.118. The first-order valence-corrected chi connectivity index (χ1v) is 7.78. The number of rotatable bonds is 5. The lowest BCUT2D eigenvalue weighted by atomic mass is 10.0. The highest BCUT2D eigenvalue weighted by molar-refractivity contribution is 5.76. The summed E-state index contributed by atoms with van der Waals surface area (Å²) < 4.78 is 5.32. The maximum atomic E-state index is 11.4. The van der Waals surface area contributed by atoms with Gasteiger partial charge in [-0.05, 0) is 39.2 Å². The van der Waals surface area contributed by atoms with Crippen molar-refractivity contribution >= 4 is 5.78 Å². The molecular weight excluding hydrogens is 254 g/mol. The lowest BCUT2D eigenvalue weighted by Crippen LogP contribution is -2.36. The van der Waals surface area contributed by atoms with Crippen molar-refractivity contribution in [1.82, 2.24) is 15.0 Å². The van der Waals surface area contributed by atoms with Crippen LogP contribution in [0.5, 0.6) is 0 Å². The minimum atomic E-state index is 0.272. The van der Waals surface area contributed by atoms with E-state index in [0.29, 0.717) is 24.9 Å². The van der Waals surface area contributed by atoms with Crippen LogP contribution in [-0.2, 0) is 11.3 Å². The van der Waals surface area contributed by atoms with Gasteiger partial charge in [-0.25, -0.2) is 0 Å². The zero-order chi connectivity index (χ0) is 13.9. The van der Waals surface area contributed by atoms with E-state index in [-0.39, 0.29) is 5.78 Å². The molecule has 3 rings (SSSR count). The molecule has 0 spiro atoms. The number of hydrogen-bond donors (Lipinski definition) is 0. The molecule has 2 heterocycles. The fourth-order valence-electron chi connectivity index (χ4n) is 3.02. The van der Waals surface area contributed by atoms with E-state index in [1.54, 1.807) is 6.92 Å². The molecule has 1 atom stereocenters. The molecule has 1 saturated heterocycles. The lowest BCUT2D eigenvalue weighted by Gasteiger charge is -2.27. The minimum Gasteiger partial charge on any atom is -0.339 e. The van der Waals surface area contributed by atoms with Crippen molar-refractivity contribution in [2.24, 2.45) is 0 Å². The second-order valence-corrected chi connectivity index (χ2v) is 6.20. The maximum absolute atomic E-state index is 11.4. The first-order valence-electron chi connectivity index (χ1n) is 7.78. The molecular formula is C15H23N3O2. The van der Waals surface area contributed by atoms with Gasteiger partial charge in [-0.3, -0.25) is 9.69 Å². The van der Waals surface area contributed by atoms with Gasteiger partial charge in [0, 0.05) is 18.4 Å². The van der Waals surface area contributed by atoms with Crippen LogP contribution in [0.25, 0.3) is 0 Å². The summed E-state index contributed by atoms with van der Waals surface area (Å²) in [6, 6.07) is 0.345. The summed E-state index contributed by atoms with van der Waals surface area (Å²) in [4.78, 5) is 18.3. The van der Waals surface area contributed by atoms with Gasteiger partial charge >= 0.3 is 0 Å². The third-order valence-corrected chi connectivity index (χ3v) is 4.28. The van der Waals surface area contributed by atoms with Gasteiger partial charge in [-0.1, -0.05) is 18.0 Å². The molecule has 1 aliphatic carbocycles. The van der Waals surface area contributed by atoms with E-state index >= 15 is 0 Å². The molecule has 5 heteroatoms. The van der Waals surface area contributed by atoms with E-state index in [1.807, 2.05) is 0 Å². The summed E-state index contributed by atoms with van der Waals surface area (Å²) in [5.41, 5.74) is 0. The molecule has 20 heavy (non-hydrogen) atoms. The average molecular weight is 277 g/mol. The third-order valence-electron chi connectivity index (χ3n) is 4.28. The normalized spacial score (nSPS) is 24.6. The van der Waals surface area contributed by atoms with Gasteiger partial charge < -0.3 is 4.52 Å². The number of Topliss-reactive ketones (excluding diaryl/α,β-unsaturated/α-hetero) is 1. The number of aromatic nitrogens is 2. The van der Waals surface area contributed by atoms with Gasteiger partial charge in [0.2, 0.25) is 5.89 Å². The Morgan fingerprint density at radius 1 is 1.30 bits per heavy atom. The summed E-state index contributed by atoms with van der Waals surface area (Å²) in [5, 5.41) is 4.10. The SMILES string of the molecule is CC(=O)CC1CCCCCN1Cc1noc(C2CC2)n1. The molecule has 1 aromatic rings. The first kappa shape index (κ1) is 13.7. The summed E-state index contributed by atoms with van der Waals surface area (Å²) in [7, 11) is 0. The molecule has 5 nitrogen and oxygen atoms in total. The minimum absolute atomic E-state index is 0.272. The molecule has 0 radical (unpaired) electrons. The van der Waals surface area contributed by atoms with Crippen molar-refractivity contribution in [3.63, 3.8) is 0 Å². The Hall–Kier alpha value is -1.23. The molecule has 0 aromatic carbocycles. The van der Waals surface area contributed by atoms with Gasteiger partial charge in [-0.15, -0.1) is 0 Å². The molecule has 1 aliphatic heterocycles. The highest BCUT2D eigenvalue weighted by Gasteiger charge is 2.30. The Morgan fingerprint density at radius 2 is 2.15 bits per heavy atom. The number of carbonyl (C=O) groups is 1. The van der Waals surface area contributed by atoms with Gasteiger partial charge in [-0.2, -0.15) is 4.98 Å². The molecule has 110 valence electrons. The first-order chi connectivity index (χ1) is 9.72. The van der Waals surface area contributed by atoms with E-state index in [4.69, 9.17) is 4.52 Å². The topological polar surface area (TPSA) is 59.2 Å². The van der Waals surface area contributed by atoms with Gasteiger partial charge in [0.1, 0.15) is 5.78 Å². The zero-order valence-corrected chi connectivity index (χ0v) is 12.2. The van der Waals surface area contributed by atoms with Crippen molar-refractivity contribution in [3.8, 4) is 0 Å². The van der Waals surface area contributed by atoms with Crippen LogP contribution in [0.2, 0.25) is 0 Å². The van der Waals surface area contributed by atoms with E-state index in [2.05, 4.69) is 15.0 Å². The molecule has 1 saturated carbocycles. The second-order valence-electron chi connectivity index (χ2n) is 6.20. The van der Waals surface area contributed by atoms with E-state index in [0.717, 1.165) is 24.7 Å². The number of likely N-dealkylation sites (tertiary alicyclic amines) is 1. The van der Waals surface area contributed by atoms with Crippen LogP contribution in [0.3, 0.4) is 0 Å². The highest BCUT2D eigenvalue weighted by atomic mass is 16.5. The molecule has 1 unspecified atom stereocenters. The van der Waals surface area contributed by atoms with E-state index < -0.39 is 0 Å². The van der Waals surface area contributed by atoms with Crippen molar-refractivity contribution in [2.75, 3.05) is 6.54 Å². The molecule has 0 N–H and O–H groups in total. The molecule has 2 aliphatic rings. The van der Waals surface area contributed by atoms with Gasteiger partial charge in [0.25, 0.3) is 0 Å². The summed E-state index contributed by atoms with van der Waals surface area (Å²) in [6.45, 7) is 3.43. The van der Waals surface area contributed by atoms with Crippen LogP contribution in [0.15, 0.2) is 4.52 Å². The number of carbonyl (C=O) groups excluding carboxylic acids is 1. The Bertz CT molecular complexity index is 467. The predicted molar refractivity (Wildman–Crippen MR) is 74.2 cm³/mol. The molecule has 0 bridgehead atoms. The van der Waals surface area contributed by atoms with Crippen LogP contribution in [0, 0.1) is 0 Å². The monoisotopic (exact) mass is 277 g/mol. The number of ketones is 1. The van der Waals surface area contributed by atoms with Crippen molar-refractivity contribution in [2.45, 2.75) is 70.4 Å². The average Bonchev–Trinajstić information content (AvgIpc) is 3.18. The number of nitrogens with zero attached hydrogens (tertiary/aromatic N) is 3. The van der Waals surface area contributed by atoms with Gasteiger partial charge in [0.15, 0.2) is 5.82 Å². The third kappa shape index (κ3) is 3.45. The quantitative estimate of drug-likeness (QED) is 0.828. The van der Waals surface area contributed by atoms with Crippen LogP contribution < -0.4 is 0 Å². The second kappa shape index (κ2) is 6.04. The highest BCUT2D eigenvalue weighted by Crippen LogP contribution is 2.38. The van der Waals surface area contributed by atoms with Crippen LogP contribution >= 0.6 is 0 Å². The Balaban J connectivity index is 1.65. The van der Waals surface area contributed by atoms with E-state index in [9.17, 15) is 4.79 Å². The fraction of sp³-hybridized carbons (Fsp3) is 0.800. The Morgan fingerprint density at radius 3 is 2.90 bits per heavy atom. The van der Waals surface area contributed by atoms with Crippen LogP contribution in [0.1, 0.15) is 69.5 Å². The molecule has 0 amide bonds. The smallest absolute Gasteiger partial charge is 0.229 e. The van der Waals surface area contributed by atoms with Crippen LogP contribution in [0.4, 0.5) is 0 Å². The summed E-state index contributed by atoms with van der Waals surface area (Å²) in [5.74, 6) is 2.36. The van der Waals surface area contributed by atoms with Crippen molar-refractivity contribution in [1.29, 1.82) is 0 Å². The predicted octanol–water partition coefficient (Wildman–Crippen LogP) is 2.67. The number of hydrogen-bond acceptors (Lipinski definition) is 5. The van der Waals surface area contributed by atoms with E-state index in [1.165, 1.54) is 32.1 Å². The Kier molecular flexibility index (Phi) is 4.15. The molecule has 1 aromatic heterocycles. The largest absolute Gasteiger partial charge is 0.339 e. The summed E-state index contributed by atoms with van der Waals surface area (Å²) in [6.07, 6.45) is 7.77. The van der Waals surface area contributed by atoms with Crippen molar-refractivity contribution < 1.29 is 9.32 Å². The fourth-order valence-corrected chi connectivity index (χ4v) is 3.02. The Labute approximate surface area is 119 Å². The molecule has 2 fully saturated rings. The maximum Gasteiger partial charge on any atom is 0.229 e.